The van der Waals surface area contributed by atoms with Gasteiger partial charge in [-0.05, 0) is 55.8 Å². The first-order valence-corrected chi connectivity index (χ1v) is 8.89. The van der Waals surface area contributed by atoms with Gasteiger partial charge in [0.1, 0.15) is 0 Å². The minimum atomic E-state index is 0.345. The Morgan fingerprint density at radius 1 is 1.05 bits per heavy atom. The summed E-state index contributed by atoms with van der Waals surface area (Å²) in [5, 5.41) is 1.99. The van der Waals surface area contributed by atoms with Crippen LogP contribution in [0.1, 0.15) is 58.3 Å². The SMILES string of the molecule is CCCN1NC2C3CCCCC3C3CCCC(C1=O)C32. The van der Waals surface area contributed by atoms with Crippen molar-refractivity contribution in [3.05, 3.63) is 0 Å². The van der Waals surface area contributed by atoms with E-state index in [-0.39, 0.29) is 0 Å². The Labute approximate surface area is 122 Å². The molecule has 4 aliphatic rings. The molecule has 1 amide bonds. The molecule has 0 radical (unpaired) electrons. The van der Waals surface area contributed by atoms with Crippen molar-refractivity contribution in [1.82, 2.24) is 10.4 Å². The highest BCUT2D eigenvalue weighted by Gasteiger charge is 2.58. The van der Waals surface area contributed by atoms with E-state index in [1.807, 2.05) is 5.01 Å². The Kier molecular flexibility index (Phi) is 3.29. The molecule has 3 heteroatoms. The van der Waals surface area contributed by atoms with E-state index < -0.39 is 0 Å². The van der Waals surface area contributed by atoms with Crippen LogP contribution in [0.5, 0.6) is 0 Å². The van der Waals surface area contributed by atoms with Gasteiger partial charge >= 0.3 is 0 Å². The fraction of sp³-hybridized carbons (Fsp3) is 0.941. The predicted molar refractivity (Wildman–Crippen MR) is 78.7 cm³/mol. The smallest absolute Gasteiger partial charge is 0.240 e. The molecular weight excluding hydrogens is 248 g/mol. The van der Waals surface area contributed by atoms with Crippen molar-refractivity contribution >= 4 is 5.91 Å². The van der Waals surface area contributed by atoms with E-state index in [0.717, 1.165) is 37.1 Å². The predicted octanol–water partition coefficient (Wildman–Crippen LogP) is 2.96. The van der Waals surface area contributed by atoms with Crippen LogP contribution in [0.2, 0.25) is 0 Å². The Morgan fingerprint density at radius 3 is 2.60 bits per heavy atom. The van der Waals surface area contributed by atoms with E-state index >= 15 is 0 Å². The van der Waals surface area contributed by atoms with E-state index in [1.165, 1.54) is 38.5 Å². The molecule has 6 atom stereocenters. The topological polar surface area (TPSA) is 32.3 Å². The van der Waals surface area contributed by atoms with Gasteiger partial charge in [0.05, 0.1) is 0 Å². The number of hydrazine groups is 1. The van der Waals surface area contributed by atoms with Crippen LogP contribution < -0.4 is 5.43 Å². The Hall–Kier alpha value is -0.570. The van der Waals surface area contributed by atoms with Gasteiger partial charge in [0.25, 0.3) is 0 Å². The van der Waals surface area contributed by atoms with Crippen molar-refractivity contribution in [2.24, 2.45) is 29.6 Å². The minimum absolute atomic E-state index is 0.345. The van der Waals surface area contributed by atoms with Crippen LogP contribution in [0.4, 0.5) is 0 Å². The quantitative estimate of drug-likeness (QED) is 0.841. The molecule has 6 unspecified atom stereocenters. The summed E-state index contributed by atoms with van der Waals surface area (Å²) in [5.74, 6) is 4.05. The van der Waals surface area contributed by atoms with Gasteiger partial charge in [0.15, 0.2) is 0 Å². The molecular formula is C17H28N2O. The standard InChI is InChI=1S/C17H28N2O/c1-2-10-19-17(20)14-9-5-8-12-11-6-3-4-7-13(11)16(18-19)15(12)14/h11-16,18H,2-10H2,1H3. The Balaban J connectivity index is 1.65. The molecule has 1 saturated heterocycles. The number of rotatable bonds is 2. The molecule has 0 spiro atoms. The lowest BCUT2D eigenvalue weighted by molar-refractivity contribution is -0.151. The van der Waals surface area contributed by atoms with Crippen LogP contribution in [0, 0.1) is 29.6 Å². The van der Waals surface area contributed by atoms with E-state index in [1.54, 1.807) is 0 Å². The van der Waals surface area contributed by atoms with Gasteiger partial charge < -0.3 is 0 Å². The molecule has 3 saturated carbocycles. The molecule has 3 aliphatic carbocycles. The third-order valence-corrected chi connectivity index (χ3v) is 6.65. The van der Waals surface area contributed by atoms with Crippen LogP contribution >= 0.6 is 0 Å². The average Bonchev–Trinajstić information content (AvgIpc) is 2.80. The number of nitrogens with zero attached hydrogens (tertiary/aromatic N) is 1. The van der Waals surface area contributed by atoms with Gasteiger partial charge in [-0.15, -0.1) is 0 Å². The maximum atomic E-state index is 12.7. The second-order valence-corrected chi connectivity index (χ2v) is 7.54. The summed E-state index contributed by atoms with van der Waals surface area (Å²) in [5.41, 5.74) is 3.68. The second-order valence-electron chi connectivity index (χ2n) is 7.54. The largest absolute Gasteiger partial charge is 0.278 e. The van der Waals surface area contributed by atoms with Crippen molar-refractivity contribution < 1.29 is 4.79 Å². The van der Waals surface area contributed by atoms with Crippen molar-refractivity contribution in [3.8, 4) is 0 Å². The second kappa shape index (κ2) is 5.01. The highest BCUT2D eigenvalue weighted by atomic mass is 16.2. The number of hydrogen-bond donors (Lipinski definition) is 1. The van der Waals surface area contributed by atoms with E-state index in [0.29, 0.717) is 23.8 Å². The summed E-state index contributed by atoms with van der Waals surface area (Å²) >= 11 is 0. The lowest BCUT2D eigenvalue weighted by Gasteiger charge is -2.46. The van der Waals surface area contributed by atoms with Gasteiger partial charge in [-0.1, -0.05) is 26.2 Å². The number of nitrogens with one attached hydrogen (secondary N) is 1. The van der Waals surface area contributed by atoms with Gasteiger partial charge in [0.2, 0.25) is 5.91 Å². The van der Waals surface area contributed by atoms with Gasteiger partial charge in [-0.25, -0.2) is 5.43 Å². The molecule has 0 aromatic heterocycles. The monoisotopic (exact) mass is 276 g/mol. The van der Waals surface area contributed by atoms with Crippen molar-refractivity contribution in [3.63, 3.8) is 0 Å². The van der Waals surface area contributed by atoms with Crippen molar-refractivity contribution in [2.75, 3.05) is 6.54 Å². The summed E-state index contributed by atoms with van der Waals surface area (Å²) in [6.07, 6.45) is 10.5. The van der Waals surface area contributed by atoms with Crippen molar-refractivity contribution in [2.45, 2.75) is 64.3 Å². The molecule has 20 heavy (non-hydrogen) atoms. The van der Waals surface area contributed by atoms with Crippen LogP contribution in [0.15, 0.2) is 0 Å². The average molecular weight is 276 g/mol. The summed E-state index contributed by atoms with van der Waals surface area (Å²) in [6.45, 7) is 3.06. The number of amides is 1. The fourth-order valence-corrected chi connectivity index (χ4v) is 6.04. The highest BCUT2D eigenvalue weighted by molar-refractivity contribution is 5.80. The maximum absolute atomic E-state index is 12.7. The van der Waals surface area contributed by atoms with E-state index in [2.05, 4.69) is 12.3 Å². The molecule has 1 heterocycles. The maximum Gasteiger partial charge on any atom is 0.240 e. The zero-order chi connectivity index (χ0) is 13.7. The zero-order valence-electron chi connectivity index (χ0n) is 12.7. The zero-order valence-corrected chi connectivity index (χ0v) is 12.7. The third-order valence-electron chi connectivity index (χ3n) is 6.65. The van der Waals surface area contributed by atoms with Crippen LogP contribution in [-0.2, 0) is 4.79 Å². The van der Waals surface area contributed by atoms with Crippen LogP contribution in [-0.4, -0.2) is 23.5 Å². The lowest BCUT2D eigenvalue weighted by Crippen LogP contribution is -2.62. The molecule has 4 fully saturated rings. The normalized spacial score (nSPS) is 47.0. The molecule has 0 aromatic carbocycles. The third kappa shape index (κ3) is 1.78. The summed E-state index contributed by atoms with van der Waals surface area (Å²) < 4.78 is 0. The molecule has 0 bridgehead atoms. The number of hydrogen-bond acceptors (Lipinski definition) is 2. The molecule has 1 N–H and O–H groups in total. The van der Waals surface area contributed by atoms with Crippen molar-refractivity contribution in [1.29, 1.82) is 0 Å². The molecule has 0 aromatic rings. The van der Waals surface area contributed by atoms with Gasteiger partial charge in [-0.3, -0.25) is 9.80 Å². The molecule has 112 valence electrons. The first kappa shape index (κ1) is 13.1. The Bertz CT molecular complexity index is 396. The van der Waals surface area contributed by atoms with Gasteiger partial charge in [0, 0.05) is 18.5 Å². The first-order chi connectivity index (χ1) is 9.81. The molecule has 3 nitrogen and oxygen atoms in total. The van der Waals surface area contributed by atoms with E-state index in [9.17, 15) is 4.79 Å². The summed E-state index contributed by atoms with van der Waals surface area (Å²) in [6, 6.07) is 0.611. The summed E-state index contributed by atoms with van der Waals surface area (Å²) in [7, 11) is 0. The highest BCUT2D eigenvalue weighted by Crippen LogP contribution is 2.57. The first-order valence-electron chi connectivity index (χ1n) is 8.89. The number of carbonyl (C=O) groups is 1. The Morgan fingerprint density at radius 2 is 1.80 bits per heavy atom. The van der Waals surface area contributed by atoms with E-state index in [4.69, 9.17) is 0 Å². The number of carbonyl (C=O) groups excluding carboxylic acids is 1. The minimum Gasteiger partial charge on any atom is -0.278 e. The molecule has 4 rings (SSSR count). The summed E-state index contributed by atoms with van der Waals surface area (Å²) in [4.78, 5) is 12.7. The van der Waals surface area contributed by atoms with Crippen LogP contribution in [0.25, 0.3) is 0 Å². The van der Waals surface area contributed by atoms with Gasteiger partial charge in [-0.2, -0.15) is 0 Å². The number of fused-ring (bicyclic) bond motifs is 3. The van der Waals surface area contributed by atoms with Crippen LogP contribution in [0.3, 0.4) is 0 Å². The lowest BCUT2D eigenvalue weighted by atomic mass is 9.68. The fourth-order valence-electron chi connectivity index (χ4n) is 6.04. The molecule has 1 aliphatic heterocycles.